The number of aromatic nitrogens is 1. The number of fused-ring (bicyclic) bond motifs is 1. The van der Waals surface area contributed by atoms with Crippen LogP contribution in [0.25, 0.3) is 10.9 Å². The zero-order valence-electron chi connectivity index (χ0n) is 9.07. The topological polar surface area (TPSA) is 53.0 Å². The van der Waals surface area contributed by atoms with Crippen LogP contribution in [0, 0.1) is 6.92 Å². The van der Waals surface area contributed by atoms with E-state index in [0.717, 1.165) is 21.5 Å². The minimum Gasteiger partial charge on any atom is -0.549 e. The van der Waals surface area contributed by atoms with Gasteiger partial charge < -0.3 is 9.90 Å². The number of benzene rings is 1. The van der Waals surface area contributed by atoms with Crippen LogP contribution >= 0.6 is 11.8 Å². The van der Waals surface area contributed by atoms with E-state index in [9.17, 15) is 9.90 Å². The van der Waals surface area contributed by atoms with E-state index in [0.29, 0.717) is 0 Å². The van der Waals surface area contributed by atoms with Crippen LogP contribution in [0.15, 0.2) is 35.4 Å². The van der Waals surface area contributed by atoms with Crippen molar-refractivity contribution in [2.24, 2.45) is 0 Å². The van der Waals surface area contributed by atoms with Crippen molar-refractivity contribution < 1.29 is 32.3 Å². The smallest absolute Gasteiger partial charge is 0.549 e. The Labute approximate surface area is 119 Å². The third-order valence-corrected chi connectivity index (χ3v) is 3.12. The zero-order chi connectivity index (χ0) is 11.5. The predicted molar refractivity (Wildman–Crippen MR) is 62.2 cm³/mol. The molecule has 2 aromatic rings. The molecule has 1 aromatic heterocycles. The second kappa shape index (κ2) is 6.21. The van der Waals surface area contributed by atoms with E-state index in [1.807, 2.05) is 37.3 Å². The van der Waals surface area contributed by atoms with Crippen LogP contribution < -0.4 is 5.11 Å². The van der Waals surface area contributed by atoms with Crippen molar-refractivity contribution in [1.29, 1.82) is 0 Å². The summed E-state index contributed by atoms with van der Waals surface area (Å²) in [5, 5.41) is 12.2. The van der Waals surface area contributed by atoms with E-state index in [2.05, 4.69) is 4.98 Å². The van der Waals surface area contributed by atoms with Gasteiger partial charge in [0.05, 0.1) is 16.5 Å². The second-order valence-electron chi connectivity index (χ2n) is 3.46. The number of carbonyl (C=O) groups is 1. The number of carbonyl (C=O) groups excluding carboxylic acids is 1. The molecule has 1 aromatic carbocycles. The van der Waals surface area contributed by atoms with Crippen LogP contribution in [0.2, 0.25) is 0 Å². The number of nitrogens with zero attached hydrogens (tertiary/aromatic N) is 1. The number of hydrogen-bond donors (Lipinski definition) is 0. The maximum absolute atomic E-state index is 10.4. The quantitative estimate of drug-likeness (QED) is 0.626. The molecule has 0 unspecified atom stereocenters. The first kappa shape index (κ1) is 14.3. The molecule has 5 heteroatoms. The van der Waals surface area contributed by atoms with Crippen molar-refractivity contribution in [2.45, 2.75) is 11.9 Å². The Hall–Kier alpha value is -0.810. The molecule has 3 nitrogen and oxygen atoms in total. The van der Waals surface area contributed by atoms with Gasteiger partial charge in [0.15, 0.2) is 0 Å². The van der Waals surface area contributed by atoms with Crippen LogP contribution in [-0.4, -0.2) is 16.7 Å². The van der Waals surface area contributed by atoms with Crippen molar-refractivity contribution >= 4 is 28.6 Å². The molecular formula is C12H10AgNO2S. The molecule has 0 saturated carbocycles. The van der Waals surface area contributed by atoms with Gasteiger partial charge in [0.2, 0.25) is 0 Å². The van der Waals surface area contributed by atoms with E-state index < -0.39 is 5.97 Å². The fraction of sp³-hybridized carbons (Fsp3) is 0.167. The van der Waals surface area contributed by atoms with Crippen LogP contribution in [0.5, 0.6) is 0 Å². The van der Waals surface area contributed by atoms with E-state index in [4.69, 9.17) is 0 Å². The first-order valence-electron chi connectivity index (χ1n) is 4.86. The average Bonchev–Trinajstić information content (AvgIpc) is 2.26. The molecule has 1 heterocycles. The number of aryl methyl sites for hydroxylation is 1. The molecule has 2 rings (SSSR count). The number of aliphatic carboxylic acids is 1. The summed E-state index contributed by atoms with van der Waals surface area (Å²) in [6.07, 6.45) is 0. The summed E-state index contributed by atoms with van der Waals surface area (Å²) in [5.74, 6) is -1.14. The molecule has 0 aliphatic carbocycles. The summed E-state index contributed by atoms with van der Waals surface area (Å²) in [6.45, 7) is 1.99. The van der Waals surface area contributed by atoms with Gasteiger partial charge in [-0.15, -0.1) is 11.8 Å². The van der Waals surface area contributed by atoms with Crippen molar-refractivity contribution in [1.82, 2.24) is 4.98 Å². The number of pyridine rings is 1. The standard InChI is InChI=1S/C12H11NO2S.Ag/c1-8-6-11(16-7-12(14)15)13-10-5-3-2-4-9(8)10;/h2-6H,7H2,1H3,(H,14,15);/q;+1/p-1. The third-order valence-electron chi connectivity index (χ3n) is 2.24. The van der Waals surface area contributed by atoms with Crippen molar-refractivity contribution in [2.75, 3.05) is 5.75 Å². The maximum atomic E-state index is 10.4. The average molecular weight is 340 g/mol. The molecule has 17 heavy (non-hydrogen) atoms. The van der Waals surface area contributed by atoms with E-state index in [1.54, 1.807) is 0 Å². The number of para-hydroxylation sites is 1. The summed E-state index contributed by atoms with van der Waals surface area (Å²) in [4.78, 5) is 14.7. The molecule has 92 valence electrons. The van der Waals surface area contributed by atoms with Crippen LogP contribution in [0.3, 0.4) is 0 Å². The molecule has 0 spiro atoms. The normalized spacial score (nSPS) is 9.94. The Kier molecular flexibility index (Phi) is 5.21. The van der Waals surface area contributed by atoms with E-state index >= 15 is 0 Å². The van der Waals surface area contributed by atoms with Gasteiger partial charge in [-0.3, -0.25) is 0 Å². The van der Waals surface area contributed by atoms with E-state index in [-0.39, 0.29) is 28.1 Å². The monoisotopic (exact) mass is 339 g/mol. The molecule has 0 saturated heterocycles. The number of rotatable bonds is 3. The second-order valence-corrected chi connectivity index (χ2v) is 4.45. The molecule has 0 bridgehead atoms. The van der Waals surface area contributed by atoms with Gasteiger partial charge in [0.25, 0.3) is 0 Å². The van der Waals surface area contributed by atoms with Gasteiger partial charge in [0.1, 0.15) is 0 Å². The zero-order valence-corrected chi connectivity index (χ0v) is 11.4. The molecule has 0 aliphatic heterocycles. The van der Waals surface area contributed by atoms with Gasteiger partial charge in [-0.05, 0) is 24.6 Å². The largest absolute Gasteiger partial charge is 1.00 e. The molecular weight excluding hydrogens is 330 g/mol. The summed E-state index contributed by atoms with van der Waals surface area (Å²) < 4.78 is 0. The Balaban J connectivity index is 0.00000144. The Morgan fingerprint density at radius 1 is 1.41 bits per heavy atom. The van der Waals surface area contributed by atoms with Gasteiger partial charge in [-0.1, -0.05) is 18.2 Å². The fourth-order valence-electron chi connectivity index (χ4n) is 1.53. The minimum atomic E-state index is -1.07. The van der Waals surface area contributed by atoms with Crippen LogP contribution in [0.1, 0.15) is 5.56 Å². The van der Waals surface area contributed by atoms with Gasteiger partial charge in [0, 0.05) is 11.1 Å². The van der Waals surface area contributed by atoms with Crippen molar-refractivity contribution in [3.63, 3.8) is 0 Å². The molecule has 0 N–H and O–H groups in total. The fourth-order valence-corrected chi connectivity index (χ4v) is 2.21. The minimum absolute atomic E-state index is 0. The SMILES string of the molecule is Cc1cc(SCC(=O)[O-])nc2ccccc12.[Ag+]. The third kappa shape index (κ3) is 3.57. The number of carboxylic acids is 1. The first-order chi connectivity index (χ1) is 7.66. The molecule has 0 atom stereocenters. The number of thioether (sulfide) groups is 1. The Morgan fingerprint density at radius 3 is 2.82 bits per heavy atom. The van der Waals surface area contributed by atoms with Crippen LogP contribution in [-0.2, 0) is 27.2 Å². The van der Waals surface area contributed by atoms with E-state index in [1.165, 1.54) is 11.8 Å². The van der Waals surface area contributed by atoms with Gasteiger partial charge in [-0.25, -0.2) is 4.98 Å². The Bertz CT molecular complexity index is 545. The molecule has 0 fully saturated rings. The molecule has 0 aliphatic rings. The molecule has 0 radical (unpaired) electrons. The predicted octanol–water partition coefficient (Wildman–Crippen LogP) is 1.38. The summed E-state index contributed by atoms with van der Waals surface area (Å²) in [7, 11) is 0. The molecule has 0 amide bonds. The summed E-state index contributed by atoms with van der Waals surface area (Å²) >= 11 is 1.18. The first-order valence-corrected chi connectivity index (χ1v) is 5.84. The van der Waals surface area contributed by atoms with Crippen molar-refractivity contribution in [3.05, 3.63) is 35.9 Å². The van der Waals surface area contributed by atoms with Crippen LogP contribution in [0.4, 0.5) is 0 Å². The summed E-state index contributed by atoms with van der Waals surface area (Å²) in [6, 6.07) is 9.71. The number of hydrogen-bond acceptors (Lipinski definition) is 4. The summed E-state index contributed by atoms with van der Waals surface area (Å²) in [5.41, 5.74) is 2.00. The van der Waals surface area contributed by atoms with Gasteiger partial charge >= 0.3 is 22.4 Å². The number of carboxylic acid groups (broad SMARTS) is 1. The van der Waals surface area contributed by atoms with Crippen molar-refractivity contribution in [3.8, 4) is 0 Å². The van der Waals surface area contributed by atoms with Gasteiger partial charge in [-0.2, -0.15) is 0 Å². The maximum Gasteiger partial charge on any atom is 1.00 e. The Morgan fingerprint density at radius 2 is 2.12 bits per heavy atom.